The zero-order valence-corrected chi connectivity index (χ0v) is 11.9. The second-order valence-electron chi connectivity index (χ2n) is 5.33. The monoisotopic (exact) mass is 263 g/mol. The molecule has 19 heavy (non-hydrogen) atoms. The maximum atomic E-state index is 10.1. The summed E-state index contributed by atoms with van der Waals surface area (Å²) in [5.74, 6) is 0.923. The molecule has 3 nitrogen and oxygen atoms in total. The van der Waals surface area contributed by atoms with Gasteiger partial charge < -0.3 is 15.2 Å². The van der Waals surface area contributed by atoms with Gasteiger partial charge in [0.25, 0.3) is 0 Å². The quantitative estimate of drug-likeness (QED) is 0.858. The van der Waals surface area contributed by atoms with E-state index in [9.17, 15) is 5.11 Å². The Kier molecular flexibility index (Phi) is 5.23. The fourth-order valence-electron chi connectivity index (χ4n) is 2.95. The van der Waals surface area contributed by atoms with Crippen LogP contribution in [0.4, 0.5) is 0 Å². The fourth-order valence-corrected chi connectivity index (χ4v) is 2.95. The smallest absolute Gasteiger partial charge is 0.123 e. The number of aliphatic hydroxyl groups is 1. The van der Waals surface area contributed by atoms with E-state index in [0.29, 0.717) is 0 Å². The molecular weight excluding hydrogens is 238 g/mol. The Bertz CT molecular complexity index is 394. The van der Waals surface area contributed by atoms with Crippen LogP contribution in [0.5, 0.6) is 5.75 Å². The van der Waals surface area contributed by atoms with Crippen molar-refractivity contribution in [2.24, 2.45) is 0 Å². The van der Waals surface area contributed by atoms with Gasteiger partial charge in [-0.25, -0.2) is 0 Å². The number of aliphatic hydroxyl groups excluding tert-OH is 1. The first-order valence-electron chi connectivity index (χ1n) is 7.33. The molecule has 0 aromatic heterocycles. The molecule has 1 fully saturated rings. The lowest BCUT2D eigenvalue weighted by molar-refractivity contribution is 0.0842. The molecule has 1 aliphatic rings. The van der Waals surface area contributed by atoms with E-state index in [1.807, 2.05) is 18.2 Å². The molecule has 2 rings (SSSR count). The zero-order valence-electron chi connectivity index (χ0n) is 11.9. The predicted molar refractivity (Wildman–Crippen MR) is 77.4 cm³/mol. The number of benzene rings is 1. The number of nitrogens with one attached hydrogen (secondary N) is 1. The molecule has 2 N–H and O–H groups in total. The summed E-state index contributed by atoms with van der Waals surface area (Å²) in [5, 5.41) is 13.7. The molecule has 1 aromatic carbocycles. The van der Waals surface area contributed by atoms with Gasteiger partial charge in [0.2, 0.25) is 0 Å². The van der Waals surface area contributed by atoms with E-state index in [1.165, 1.54) is 12.0 Å². The average molecular weight is 263 g/mol. The number of rotatable bonds is 5. The molecule has 3 heteroatoms. The van der Waals surface area contributed by atoms with E-state index in [1.54, 1.807) is 7.11 Å². The molecule has 0 bridgehead atoms. The van der Waals surface area contributed by atoms with Crippen LogP contribution in [0.1, 0.15) is 50.6 Å². The summed E-state index contributed by atoms with van der Waals surface area (Å²) in [4.78, 5) is 0. The molecule has 0 heterocycles. The highest BCUT2D eigenvalue weighted by Crippen LogP contribution is 2.29. The van der Waals surface area contributed by atoms with Crippen molar-refractivity contribution < 1.29 is 9.84 Å². The molecule has 3 atom stereocenters. The first-order valence-corrected chi connectivity index (χ1v) is 7.33. The average Bonchev–Trinajstić information content (AvgIpc) is 2.46. The summed E-state index contributed by atoms with van der Waals surface area (Å²) in [6.45, 7) is 2.17. The van der Waals surface area contributed by atoms with Gasteiger partial charge in [0, 0.05) is 17.6 Å². The first kappa shape index (κ1) is 14.4. The third kappa shape index (κ3) is 3.48. The highest BCUT2D eigenvalue weighted by Gasteiger charge is 2.26. The van der Waals surface area contributed by atoms with Crippen molar-refractivity contribution in [3.63, 3.8) is 0 Å². The number of ether oxygens (including phenoxy) is 1. The van der Waals surface area contributed by atoms with Crippen LogP contribution in [0.3, 0.4) is 0 Å². The van der Waals surface area contributed by atoms with Gasteiger partial charge in [0.05, 0.1) is 13.2 Å². The Morgan fingerprint density at radius 1 is 1.32 bits per heavy atom. The number of para-hydroxylation sites is 1. The Hall–Kier alpha value is -1.06. The summed E-state index contributed by atoms with van der Waals surface area (Å²) in [6, 6.07) is 8.59. The van der Waals surface area contributed by atoms with Crippen LogP contribution in [-0.4, -0.2) is 24.4 Å². The van der Waals surface area contributed by atoms with Crippen molar-refractivity contribution in [2.45, 2.75) is 57.2 Å². The van der Waals surface area contributed by atoms with E-state index in [2.05, 4.69) is 18.3 Å². The predicted octanol–water partition coefficient (Wildman–Crippen LogP) is 3.04. The van der Waals surface area contributed by atoms with E-state index in [-0.39, 0.29) is 18.2 Å². The van der Waals surface area contributed by atoms with E-state index in [0.717, 1.165) is 31.4 Å². The van der Waals surface area contributed by atoms with E-state index < -0.39 is 0 Å². The standard InChI is InChI=1S/C16H25NO2/c1-3-13(12-8-4-7-11-16(12)19-2)17-14-9-5-6-10-15(14)18/h4,7-8,11,13-15,17-18H,3,5-6,9-10H2,1-2H3. The third-order valence-corrected chi connectivity index (χ3v) is 4.07. The lowest BCUT2D eigenvalue weighted by atomic mass is 9.91. The molecule has 1 aliphatic carbocycles. The maximum absolute atomic E-state index is 10.1. The van der Waals surface area contributed by atoms with E-state index in [4.69, 9.17) is 4.74 Å². The van der Waals surface area contributed by atoms with Gasteiger partial charge in [-0.05, 0) is 25.3 Å². The SMILES string of the molecule is CCC(NC1CCCCC1O)c1ccccc1OC. The van der Waals surface area contributed by atoms with Crippen LogP contribution in [0.15, 0.2) is 24.3 Å². The first-order chi connectivity index (χ1) is 9.26. The second kappa shape index (κ2) is 6.92. The molecule has 0 saturated heterocycles. The highest BCUT2D eigenvalue weighted by atomic mass is 16.5. The summed E-state index contributed by atoms with van der Waals surface area (Å²) < 4.78 is 5.44. The molecule has 0 radical (unpaired) electrons. The van der Waals surface area contributed by atoms with Gasteiger partial charge in [-0.2, -0.15) is 0 Å². The Labute approximate surface area is 116 Å². The van der Waals surface area contributed by atoms with Gasteiger partial charge in [0.15, 0.2) is 0 Å². The third-order valence-electron chi connectivity index (χ3n) is 4.07. The van der Waals surface area contributed by atoms with Crippen LogP contribution in [0.2, 0.25) is 0 Å². The van der Waals surface area contributed by atoms with Crippen molar-refractivity contribution >= 4 is 0 Å². The molecule has 1 saturated carbocycles. The van der Waals surface area contributed by atoms with Crippen molar-refractivity contribution in [1.29, 1.82) is 0 Å². The number of methoxy groups -OCH3 is 1. The Balaban J connectivity index is 2.10. The highest BCUT2D eigenvalue weighted by molar-refractivity contribution is 5.35. The van der Waals surface area contributed by atoms with Crippen molar-refractivity contribution in [1.82, 2.24) is 5.32 Å². The summed E-state index contributed by atoms with van der Waals surface area (Å²) in [7, 11) is 1.71. The van der Waals surface area contributed by atoms with Crippen LogP contribution in [-0.2, 0) is 0 Å². The van der Waals surface area contributed by atoms with Gasteiger partial charge >= 0.3 is 0 Å². The van der Waals surface area contributed by atoms with Crippen molar-refractivity contribution in [2.75, 3.05) is 7.11 Å². The summed E-state index contributed by atoms with van der Waals surface area (Å²) in [6.07, 6.45) is 5.11. The molecule has 0 amide bonds. The maximum Gasteiger partial charge on any atom is 0.123 e. The fraction of sp³-hybridized carbons (Fsp3) is 0.625. The molecule has 1 aromatic rings. The molecule has 3 unspecified atom stereocenters. The normalized spacial score (nSPS) is 25.0. The summed E-state index contributed by atoms with van der Waals surface area (Å²) >= 11 is 0. The van der Waals surface area contributed by atoms with Gasteiger partial charge in [-0.15, -0.1) is 0 Å². The van der Waals surface area contributed by atoms with Crippen LogP contribution < -0.4 is 10.1 Å². The molecule has 0 aliphatic heterocycles. The largest absolute Gasteiger partial charge is 0.496 e. The van der Waals surface area contributed by atoms with Crippen LogP contribution in [0.25, 0.3) is 0 Å². The van der Waals surface area contributed by atoms with Gasteiger partial charge in [-0.3, -0.25) is 0 Å². The number of hydrogen-bond donors (Lipinski definition) is 2. The Morgan fingerprint density at radius 2 is 2.05 bits per heavy atom. The van der Waals surface area contributed by atoms with Crippen LogP contribution >= 0.6 is 0 Å². The van der Waals surface area contributed by atoms with Crippen molar-refractivity contribution in [3.05, 3.63) is 29.8 Å². The second-order valence-corrected chi connectivity index (χ2v) is 5.33. The zero-order chi connectivity index (χ0) is 13.7. The minimum Gasteiger partial charge on any atom is -0.496 e. The minimum absolute atomic E-state index is 0.211. The summed E-state index contributed by atoms with van der Waals surface area (Å²) in [5.41, 5.74) is 1.19. The lowest BCUT2D eigenvalue weighted by Gasteiger charge is -2.32. The van der Waals surface area contributed by atoms with Crippen LogP contribution in [0, 0.1) is 0 Å². The lowest BCUT2D eigenvalue weighted by Crippen LogP contribution is -2.43. The van der Waals surface area contributed by atoms with E-state index >= 15 is 0 Å². The Morgan fingerprint density at radius 3 is 2.74 bits per heavy atom. The molecule has 106 valence electrons. The molecular formula is C16H25NO2. The molecule has 0 spiro atoms. The van der Waals surface area contributed by atoms with Crippen molar-refractivity contribution in [3.8, 4) is 5.75 Å². The van der Waals surface area contributed by atoms with Gasteiger partial charge in [0.1, 0.15) is 5.75 Å². The van der Waals surface area contributed by atoms with Gasteiger partial charge in [-0.1, -0.05) is 38.0 Å². The minimum atomic E-state index is -0.211. The topological polar surface area (TPSA) is 41.5 Å². The number of hydrogen-bond acceptors (Lipinski definition) is 3.